The number of pyridine rings is 1. The molecular weight excluding hydrogens is 361 g/mol. The van der Waals surface area contributed by atoms with E-state index < -0.39 is 0 Å². The number of halogens is 2. The highest BCUT2D eigenvalue weighted by Gasteiger charge is 2.30. The first-order chi connectivity index (χ1) is 11.1. The standard InChI is InChI=1S/C17H17BrFN3O/c18-13-4-7-16(20-9-13)21-17(23)11-22(15-5-6-15)10-12-2-1-3-14(19)8-12/h1-4,7-9,15H,5-6,10-11H2,(H,20,21,23). The molecule has 1 N–H and O–H groups in total. The average molecular weight is 378 g/mol. The highest BCUT2D eigenvalue weighted by Crippen LogP contribution is 2.28. The fourth-order valence-electron chi connectivity index (χ4n) is 2.44. The molecule has 1 fully saturated rings. The smallest absolute Gasteiger partial charge is 0.239 e. The summed E-state index contributed by atoms with van der Waals surface area (Å²) in [5, 5.41) is 2.79. The van der Waals surface area contributed by atoms with E-state index >= 15 is 0 Å². The van der Waals surface area contributed by atoms with Crippen molar-refractivity contribution in [1.29, 1.82) is 0 Å². The number of benzene rings is 1. The Morgan fingerprint density at radius 2 is 2.17 bits per heavy atom. The normalized spacial score (nSPS) is 14.0. The minimum absolute atomic E-state index is 0.108. The summed E-state index contributed by atoms with van der Waals surface area (Å²) in [7, 11) is 0. The topological polar surface area (TPSA) is 45.2 Å². The van der Waals surface area contributed by atoms with Crippen LogP contribution in [-0.2, 0) is 11.3 Å². The van der Waals surface area contributed by atoms with Crippen LogP contribution < -0.4 is 5.32 Å². The van der Waals surface area contributed by atoms with E-state index in [0.717, 1.165) is 22.9 Å². The van der Waals surface area contributed by atoms with Gasteiger partial charge in [0.2, 0.25) is 5.91 Å². The monoisotopic (exact) mass is 377 g/mol. The Morgan fingerprint density at radius 1 is 1.35 bits per heavy atom. The first-order valence-corrected chi connectivity index (χ1v) is 8.29. The van der Waals surface area contributed by atoms with E-state index in [9.17, 15) is 9.18 Å². The van der Waals surface area contributed by atoms with Gasteiger partial charge in [-0.25, -0.2) is 9.37 Å². The molecule has 0 aliphatic heterocycles. The van der Waals surface area contributed by atoms with Crippen molar-refractivity contribution in [3.05, 3.63) is 58.4 Å². The van der Waals surface area contributed by atoms with E-state index in [-0.39, 0.29) is 18.3 Å². The lowest BCUT2D eigenvalue weighted by Gasteiger charge is -2.21. The second kappa shape index (κ2) is 7.19. The predicted octanol–water partition coefficient (Wildman–Crippen LogP) is 3.59. The third-order valence-corrected chi connectivity index (χ3v) is 4.15. The lowest BCUT2D eigenvalue weighted by atomic mass is 10.2. The third-order valence-electron chi connectivity index (χ3n) is 3.68. The Labute approximate surface area is 142 Å². The van der Waals surface area contributed by atoms with E-state index in [1.54, 1.807) is 18.3 Å². The summed E-state index contributed by atoms with van der Waals surface area (Å²) in [4.78, 5) is 18.4. The summed E-state index contributed by atoms with van der Waals surface area (Å²) >= 11 is 3.31. The number of rotatable bonds is 6. The molecule has 0 spiro atoms. The summed E-state index contributed by atoms with van der Waals surface area (Å²) in [5.41, 5.74) is 0.881. The maximum atomic E-state index is 13.3. The largest absolute Gasteiger partial charge is 0.310 e. The van der Waals surface area contributed by atoms with Crippen LogP contribution in [0.25, 0.3) is 0 Å². The summed E-state index contributed by atoms with van der Waals surface area (Å²) in [6.07, 6.45) is 3.80. The number of hydrogen-bond acceptors (Lipinski definition) is 3. The summed E-state index contributed by atoms with van der Waals surface area (Å²) in [6, 6.07) is 10.5. The van der Waals surface area contributed by atoms with Gasteiger partial charge in [0.05, 0.1) is 6.54 Å². The molecule has 1 amide bonds. The number of anilines is 1. The van der Waals surface area contributed by atoms with Crippen LogP contribution in [0.1, 0.15) is 18.4 Å². The van der Waals surface area contributed by atoms with Crippen LogP contribution in [0.15, 0.2) is 47.1 Å². The summed E-state index contributed by atoms with van der Waals surface area (Å²) in [5.74, 6) is 0.171. The molecule has 1 aromatic carbocycles. The van der Waals surface area contributed by atoms with Crippen molar-refractivity contribution in [3.63, 3.8) is 0 Å². The highest BCUT2D eigenvalue weighted by molar-refractivity contribution is 9.10. The Balaban J connectivity index is 1.60. The molecule has 2 aromatic rings. The van der Waals surface area contributed by atoms with Crippen LogP contribution in [-0.4, -0.2) is 28.4 Å². The minimum Gasteiger partial charge on any atom is -0.310 e. The maximum absolute atomic E-state index is 13.3. The van der Waals surface area contributed by atoms with Gasteiger partial charge >= 0.3 is 0 Å². The molecule has 120 valence electrons. The van der Waals surface area contributed by atoms with Crippen LogP contribution in [0.4, 0.5) is 10.2 Å². The highest BCUT2D eigenvalue weighted by atomic mass is 79.9. The molecule has 6 heteroatoms. The van der Waals surface area contributed by atoms with Crippen molar-refractivity contribution in [2.75, 3.05) is 11.9 Å². The number of hydrogen-bond donors (Lipinski definition) is 1. The Hall–Kier alpha value is -1.79. The van der Waals surface area contributed by atoms with Gasteiger partial charge in [-0.15, -0.1) is 0 Å². The Morgan fingerprint density at radius 3 is 2.83 bits per heavy atom. The number of amides is 1. The van der Waals surface area contributed by atoms with Gasteiger partial charge in [-0.3, -0.25) is 9.69 Å². The number of aromatic nitrogens is 1. The predicted molar refractivity (Wildman–Crippen MR) is 90.4 cm³/mol. The average Bonchev–Trinajstić information content (AvgIpc) is 3.34. The zero-order valence-electron chi connectivity index (χ0n) is 12.5. The van der Waals surface area contributed by atoms with Crippen molar-refractivity contribution < 1.29 is 9.18 Å². The van der Waals surface area contributed by atoms with Gasteiger partial charge in [-0.1, -0.05) is 12.1 Å². The van der Waals surface area contributed by atoms with Gasteiger partial charge in [0, 0.05) is 23.3 Å². The van der Waals surface area contributed by atoms with Crippen molar-refractivity contribution >= 4 is 27.7 Å². The number of nitrogens with zero attached hydrogens (tertiary/aromatic N) is 2. The first kappa shape index (κ1) is 16.1. The van der Waals surface area contributed by atoms with Crippen molar-refractivity contribution in [1.82, 2.24) is 9.88 Å². The van der Waals surface area contributed by atoms with Crippen LogP contribution in [0.2, 0.25) is 0 Å². The first-order valence-electron chi connectivity index (χ1n) is 7.50. The molecule has 1 heterocycles. The van der Waals surface area contributed by atoms with Crippen molar-refractivity contribution in [2.24, 2.45) is 0 Å². The molecule has 0 bridgehead atoms. The molecule has 1 aromatic heterocycles. The second-order valence-corrected chi connectivity index (χ2v) is 6.59. The van der Waals surface area contributed by atoms with Gasteiger partial charge < -0.3 is 5.32 Å². The third kappa shape index (κ3) is 4.84. The van der Waals surface area contributed by atoms with Crippen LogP contribution >= 0.6 is 15.9 Å². The molecule has 4 nitrogen and oxygen atoms in total. The number of nitrogens with one attached hydrogen (secondary N) is 1. The molecule has 3 rings (SSSR count). The molecule has 0 radical (unpaired) electrons. The Kier molecular flexibility index (Phi) is 5.03. The van der Waals surface area contributed by atoms with Gasteiger partial charge in [0.15, 0.2) is 0 Å². The molecule has 1 aliphatic carbocycles. The molecule has 1 aliphatic rings. The molecule has 0 saturated heterocycles. The SMILES string of the molecule is O=C(CN(Cc1cccc(F)c1)C1CC1)Nc1ccc(Br)cn1. The Bertz CT molecular complexity index is 688. The zero-order chi connectivity index (χ0) is 16.2. The molecule has 0 atom stereocenters. The molecule has 0 unspecified atom stereocenters. The summed E-state index contributed by atoms with van der Waals surface area (Å²) in [6.45, 7) is 0.850. The van der Waals surface area contributed by atoms with Crippen LogP contribution in [0.5, 0.6) is 0 Å². The molecule has 23 heavy (non-hydrogen) atoms. The van der Waals surface area contributed by atoms with E-state index in [1.165, 1.54) is 12.1 Å². The minimum atomic E-state index is -0.248. The van der Waals surface area contributed by atoms with E-state index in [2.05, 4.69) is 31.1 Å². The lowest BCUT2D eigenvalue weighted by Crippen LogP contribution is -2.34. The lowest BCUT2D eigenvalue weighted by molar-refractivity contribution is -0.117. The number of carbonyl (C=O) groups excluding carboxylic acids is 1. The van der Waals surface area contributed by atoms with Gasteiger partial charge in [-0.2, -0.15) is 0 Å². The molecule has 1 saturated carbocycles. The number of carbonyl (C=O) groups is 1. The second-order valence-electron chi connectivity index (χ2n) is 5.68. The van der Waals surface area contributed by atoms with Crippen LogP contribution in [0.3, 0.4) is 0 Å². The van der Waals surface area contributed by atoms with E-state index in [4.69, 9.17) is 0 Å². The van der Waals surface area contributed by atoms with Crippen LogP contribution in [0, 0.1) is 5.82 Å². The zero-order valence-corrected chi connectivity index (χ0v) is 14.1. The molecular formula is C17H17BrFN3O. The summed E-state index contributed by atoms with van der Waals surface area (Å²) < 4.78 is 14.2. The van der Waals surface area contributed by atoms with Crippen molar-refractivity contribution in [3.8, 4) is 0 Å². The van der Waals surface area contributed by atoms with E-state index in [1.807, 2.05) is 12.1 Å². The van der Waals surface area contributed by atoms with Gasteiger partial charge in [0.25, 0.3) is 0 Å². The fraction of sp³-hybridized carbons (Fsp3) is 0.294. The van der Waals surface area contributed by atoms with Gasteiger partial charge in [-0.05, 0) is 58.6 Å². The van der Waals surface area contributed by atoms with Gasteiger partial charge in [0.1, 0.15) is 11.6 Å². The van der Waals surface area contributed by atoms with Crippen molar-refractivity contribution in [2.45, 2.75) is 25.4 Å². The fourth-order valence-corrected chi connectivity index (χ4v) is 2.67. The van der Waals surface area contributed by atoms with E-state index in [0.29, 0.717) is 18.4 Å². The quantitative estimate of drug-likeness (QED) is 0.836. The maximum Gasteiger partial charge on any atom is 0.239 e.